The first kappa shape index (κ1) is 18.3. The lowest BCUT2D eigenvalue weighted by molar-refractivity contribution is 0.0185. The number of nitrogens with zero attached hydrogens (tertiary/aromatic N) is 1. The summed E-state index contributed by atoms with van der Waals surface area (Å²) in [7, 11) is 0. The summed E-state index contributed by atoms with van der Waals surface area (Å²) in [5.41, 5.74) is 1.92. The molecule has 1 aromatic carbocycles. The fourth-order valence-electron chi connectivity index (χ4n) is 3.18. The maximum Gasteiger partial charge on any atom is 0.338 e. The number of carbonyl (C=O) groups is 1. The Labute approximate surface area is 145 Å². The molecule has 1 saturated carbocycles. The number of esters is 1. The first-order valence-corrected chi connectivity index (χ1v) is 9.09. The van der Waals surface area contributed by atoms with Gasteiger partial charge in [0.2, 0.25) is 0 Å². The van der Waals surface area contributed by atoms with E-state index >= 15 is 0 Å². The topological polar surface area (TPSA) is 50.1 Å². The molecule has 3 nitrogen and oxygen atoms in total. The lowest BCUT2D eigenvalue weighted by atomic mass is 9.87. The van der Waals surface area contributed by atoms with E-state index in [0.717, 1.165) is 32.1 Å². The van der Waals surface area contributed by atoms with Crippen molar-refractivity contribution in [2.45, 2.75) is 64.4 Å². The Hall–Kier alpha value is -2.08. The smallest absolute Gasteiger partial charge is 0.338 e. The Bertz CT molecular complexity index is 575. The Morgan fingerprint density at radius 1 is 1.21 bits per heavy atom. The van der Waals surface area contributed by atoms with Crippen LogP contribution in [0.15, 0.2) is 36.4 Å². The Kier molecular flexibility index (Phi) is 7.55. The van der Waals surface area contributed by atoms with E-state index in [-0.39, 0.29) is 12.1 Å². The summed E-state index contributed by atoms with van der Waals surface area (Å²) < 4.78 is 5.64. The number of benzene rings is 1. The fraction of sp³-hybridized carbons (Fsp3) is 0.524. The van der Waals surface area contributed by atoms with Gasteiger partial charge in [-0.2, -0.15) is 5.26 Å². The number of nitriles is 1. The second kappa shape index (κ2) is 9.93. The van der Waals surface area contributed by atoms with Crippen molar-refractivity contribution in [2.75, 3.05) is 0 Å². The van der Waals surface area contributed by atoms with Gasteiger partial charge in [0, 0.05) is 6.08 Å². The average molecular weight is 325 g/mol. The van der Waals surface area contributed by atoms with Crippen LogP contribution in [-0.2, 0) is 11.2 Å². The quantitative estimate of drug-likeness (QED) is 0.392. The second-order valence-corrected chi connectivity index (χ2v) is 6.58. The highest BCUT2D eigenvalue weighted by Gasteiger charge is 2.23. The van der Waals surface area contributed by atoms with Gasteiger partial charge in [-0.3, -0.25) is 0 Å². The van der Waals surface area contributed by atoms with Gasteiger partial charge in [0.25, 0.3) is 0 Å². The molecular formula is C21H27NO2. The summed E-state index contributed by atoms with van der Waals surface area (Å²) >= 11 is 0. The molecule has 0 heterocycles. The zero-order valence-electron chi connectivity index (χ0n) is 14.5. The van der Waals surface area contributed by atoms with E-state index in [1.54, 1.807) is 6.08 Å². The highest BCUT2D eigenvalue weighted by Crippen LogP contribution is 2.27. The lowest BCUT2D eigenvalue weighted by Gasteiger charge is -2.26. The maximum absolute atomic E-state index is 12.3. The van der Waals surface area contributed by atoms with E-state index < -0.39 is 0 Å². The minimum Gasteiger partial charge on any atom is -0.459 e. The van der Waals surface area contributed by atoms with Crippen LogP contribution in [0.2, 0.25) is 0 Å². The summed E-state index contributed by atoms with van der Waals surface area (Å²) in [5.74, 6) is 0.230. The predicted octanol–water partition coefficient (Wildman–Crippen LogP) is 5.21. The Morgan fingerprint density at radius 2 is 1.92 bits per heavy atom. The van der Waals surface area contributed by atoms with Crippen LogP contribution < -0.4 is 0 Å². The molecule has 0 radical (unpaired) electrons. The molecule has 2 rings (SSSR count). The zero-order chi connectivity index (χ0) is 17.2. The van der Waals surface area contributed by atoms with Gasteiger partial charge in [0.1, 0.15) is 6.10 Å². The molecular weight excluding hydrogens is 298 g/mol. The number of allylic oxidation sites excluding steroid dienone is 2. The van der Waals surface area contributed by atoms with E-state index in [4.69, 9.17) is 10.00 Å². The molecule has 1 aliphatic rings. The predicted molar refractivity (Wildman–Crippen MR) is 95.6 cm³/mol. The van der Waals surface area contributed by atoms with E-state index in [2.05, 4.69) is 6.92 Å². The van der Waals surface area contributed by atoms with Gasteiger partial charge in [-0.05, 0) is 62.1 Å². The molecule has 0 spiro atoms. The van der Waals surface area contributed by atoms with Gasteiger partial charge in [0.05, 0.1) is 11.6 Å². The van der Waals surface area contributed by atoms with Crippen molar-refractivity contribution in [3.63, 3.8) is 0 Å². The summed E-state index contributed by atoms with van der Waals surface area (Å²) in [5, 5.41) is 8.57. The zero-order valence-corrected chi connectivity index (χ0v) is 14.5. The highest BCUT2D eigenvalue weighted by atomic mass is 16.5. The summed E-state index contributed by atoms with van der Waals surface area (Å²) in [6.07, 6.45) is 12.0. The molecule has 1 aromatic rings. The average Bonchev–Trinajstić information content (AvgIpc) is 2.62. The fourth-order valence-corrected chi connectivity index (χ4v) is 3.18. The molecule has 1 aliphatic carbocycles. The van der Waals surface area contributed by atoms with E-state index in [0.29, 0.717) is 11.5 Å². The number of hydrogen-bond acceptors (Lipinski definition) is 3. The van der Waals surface area contributed by atoms with Crippen molar-refractivity contribution < 1.29 is 9.53 Å². The van der Waals surface area contributed by atoms with Crippen LogP contribution in [0.25, 0.3) is 0 Å². The van der Waals surface area contributed by atoms with Crippen LogP contribution in [0, 0.1) is 17.2 Å². The molecule has 0 amide bonds. The molecule has 24 heavy (non-hydrogen) atoms. The third kappa shape index (κ3) is 5.85. The first-order chi connectivity index (χ1) is 11.7. The standard InChI is InChI=1S/C21H27NO2/c1-2-3-4-6-17-8-12-19(13-9-17)21(23)24-20-14-10-18(11-15-20)7-5-16-22/h5,7-9,12-13,18,20H,2-4,6,10-11,14-15H2,1H3/b7-5+/t18-,20-. The Balaban J connectivity index is 1.78. The number of carbonyl (C=O) groups excluding carboxylic acids is 1. The third-order valence-corrected chi connectivity index (χ3v) is 4.69. The molecule has 0 atom stereocenters. The molecule has 0 unspecified atom stereocenters. The van der Waals surface area contributed by atoms with Crippen molar-refractivity contribution in [3.8, 4) is 6.07 Å². The van der Waals surface area contributed by atoms with Gasteiger partial charge in [-0.25, -0.2) is 4.79 Å². The third-order valence-electron chi connectivity index (χ3n) is 4.69. The van der Waals surface area contributed by atoms with Gasteiger partial charge < -0.3 is 4.74 Å². The number of unbranched alkanes of at least 4 members (excludes halogenated alkanes) is 2. The van der Waals surface area contributed by atoms with Crippen LogP contribution in [0.3, 0.4) is 0 Å². The van der Waals surface area contributed by atoms with Gasteiger partial charge in [-0.1, -0.05) is 38.0 Å². The van der Waals surface area contributed by atoms with Crippen molar-refractivity contribution in [3.05, 3.63) is 47.5 Å². The van der Waals surface area contributed by atoms with Crippen molar-refractivity contribution in [1.29, 1.82) is 5.26 Å². The monoisotopic (exact) mass is 325 g/mol. The minimum atomic E-state index is -0.217. The van der Waals surface area contributed by atoms with Crippen LogP contribution in [0.4, 0.5) is 0 Å². The van der Waals surface area contributed by atoms with Gasteiger partial charge in [0.15, 0.2) is 0 Å². The second-order valence-electron chi connectivity index (χ2n) is 6.58. The SMILES string of the molecule is CCCCCc1ccc(C(=O)O[C@H]2CC[C@H](/C=C/C#N)CC2)cc1. The number of ether oxygens (including phenoxy) is 1. The first-order valence-electron chi connectivity index (χ1n) is 9.09. The number of rotatable bonds is 7. The molecule has 0 saturated heterocycles. The van der Waals surface area contributed by atoms with Crippen molar-refractivity contribution in [2.24, 2.45) is 5.92 Å². The van der Waals surface area contributed by atoms with Gasteiger partial charge >= 0.3 is 5.97 Å². The summed E-state index contributed by atoms with van der Waals surface area (Å²) in [4.78, 5) is 12.3. The van der Waals surface area contributed by atoms with E-state index in [9.17, 15) is 4.79 Å². The maximum atomic E-state index is 12.3. The summed E-state index contributed by atoms with van der Waals surface area (Å²) in [6.45, 7) is 2.20. The van der Waals surface area contributed by atoms with Crippen molar-refractivity contribution in [1.82, 2.24) is 0 Å². The molecule has 128 valence electrons. The highest BCUT2D eigenvalue weighted by molar-refractivity contribution is 5.89. The van der Waals surface area contributed by atoms with Crippen LogP contribution in [0.5, 0.6) is 0 Å². The summed E-state index contributed by atoms with van der Waals surface area (Å²) in [6, 6.07) is 9.87. The van der Waals surface area contributed by atoms with Crippen LogP contribution in [-0.4, -0.2) is 12.1 Å². The minimum absolute atomic E-state index is 0.00784. The van der Waals surface area contributed by atoms with Crippen LogP contribution in [0.1, 0.15) is 67.8 Å². The lowest BCUT2D eigenvalue weighted by Crippen LogP contribution is -2.24. The van der Waals surface area contributed by atoms with Crippen LogP contribution >= 0.6 is 0 Å². The number of aryl methyl sites for hydroxylation is 1. The van der Waals surface area contributed by atoms with Gasteiger partial charge in [-0.15, -0.1) is 0 Å². The number of hydrogen-bond donors (Lipinski definition) is 0. The molecule has 0 N–H and O–H groups in total. The normalized spacial score (nSPS) is 20.7. The largest absolute Gasteiger partial charge is 0.459 e. The Morgan fingerprint density at radius 3 is 2.54 bits per heavy atom. The van der Waals surface area contributed by atoms with E-state index in [1.165, 1.54) is 24.8 Å². The van der Waals surface area contributed by atoms with Crippen molar-refractivity contribution >= 4 is 5.97 Å². The molecule has 0 aromatic heterocycles. The van der Waals surface area contributed by atoms with E-state index in [1.807, 2.05) is 36.4 Å². The molecule has 3 heteroatoms. The molecule has 1 fully saturated rings. The molecule has 0 bridgehead atoms. The molecule has 0 aliphatic heterocycles.